The molecule has 0 rings (SSSR count). The molecule has 11 nitrogen and oxygen atoms in total. The molecule has 12 heteroatoms. The minimum Gasteiger partial charge on any atom is -0.480 e. The molecule has 0 spiro atoms. The van der Waals surface area contributed by atoms with Crippen LogP contribution in [0.25, 0.3) is 0 Å². The minimum atomic E-state index is -4.71. The minimum absolute atomic E-state index is 0.145. The van der Waals surface area contributed by atoms with Gasteiger partial charge in [0.25, 0.3) is 0 Å². The molecule has 0 saturated heterocycles. The predicted octanol–water partition coefficient (Wildman–Crippen LogP) is 10.9. The first-order valence-corrected chi connectivity index (χ1v) is 22.7. The van der Waals surface area contributed by atoms with Crippen LogP contribution in [0.1, 0.15) is 200 Å². The van der Waals surface area contributed by atoms with Crippen molar-refractivity contribution in [1.29, 1.82) is 0 Å². The quantitative estimate of drug-likeness (QED) is 0.0234. The molecule has 4 N–H and O–H groups in total. The Labute approximate surface area is 322 Å². The number of aliphatic carboxylic acids is 1. The van der Waals surface area contributed by atoms with Crippen LogP contribution in [0.5, 0.6) is 0 Å². The molecule has 0 radical (unpaired) electrons. The molecule has 0 aliphatic rings. The number of unbranched alkanes of at least 4 members (excludes halogenated alkanes) is 24. The molecule has 0 bridgehead atoms. The van der Waals surface area contributed by atoms with Crippen LogP contribution in [-0.2, 0) is 37.5 Å². The number of rotatable bonds is 40. The summed E-state index contributed by atoms with van der Waals surface area (Å²) in [7, 11) is -4.71. The summed E-state index contributed by atoms with van der Waals surface area (Å²) in [5.74, 6) is -2.39. The van der Waals surface area contributed by atoms with Crippen LogP contribution in [0.15, 0.2) is 12.2 Å². The zero-order valence-corrected chi connectivity index (χ0v) is 34.5. The van der Waals surface area contributed by atoms with E-state index in [1.807, 2.05) is 0 Å². The zero-order chi connectivity index (χ0) is 39.3. The van der Waals surface area contributed by atoms with Gasteiger partial charge in [0.2, 0.25) is 0 Å². The largest absolute Gasteiger partial charge is 0.480 e. The number of hydrogen-bond donors (Lipinski definition) is 3. The summed E-state index contributed by atoms with van der Waals surface area (Å²) < 4.78 is 32.6. The lowest BCUT2D eigenvalue weighted by atomic mass is 10.0. The van der Waals surface area contributed by atoms with E-state index in [9.17, 15) is 23.8 Å². The molecule has 312 valence electrons. The Kier molecular flexibility index (Phi) is 35.9. The topological polar surface area (TPSA) is 172 Å². The zero-order valence-electron chi connectivity index (χ0n) is 33.6. The molecule has 53 heavy (non-hydrogen) atoms. The molecule has 1 unspecified atom stereocenters. The summed E-state index contributed by atoms with van der Waals surface area (Å²) in [5.41, 5.74) is 5.33. The van der Waals surface area contributed by atoms with Crippen molar-refractivity contribution in [2.45, 2.75) is 212 Å². The molecule has 0 aliphatic heterocycles. The normalized spacial score (nSPS) is 13.9. The first-order chi connectivity index (χ1) is 25.6. The monoisotopic (exact) mass is 776 g/mol. The average Bonchev–Trinajstić information content (AvgIpc) is 3.13. The Morgan fingerprint density at radius 2 is 0.943 bits per heavy atom. The lowest BCUT2D eigenvalue weighted by Crippen LogP contribution is -2.34. The maximum atomic E-state index is 12.6. The molecule has 0 aromatic rings. The van der Waals surface area contributed by atoms with Gasteiger partial charge in [0.05, 0.1) is 13.2 Å². The van der Waals surface area contributed by atoms with E-state index in [-0.39, 0.29) is 19.4 Å². The van der Waals surface area contributed by atoms with Gasteiger partial charge in [-0.15, -0.1) is 0 Å². The number of esters is 2. The first-order valence-electron chi connectivity index (χ1n) is 21.2. The highest BCUT2D eigenvalue weighted by atomic mass is 31.2. The lowest BCUT2D eigenvalue weighted by Gasteiger charge is -2.20. The third-order valence-electron chi connectivity index (χ3n) is 9.26. The fourth-order valence-electron chi connectivity index (χ4n) is 5.88. The van der Waals surface area contributed by atoms with Gasteiger partial charge in [-0.1, -0.05) is 161 Å². The van der Waals surface area contributed by atoms with E-state index in [0.717, 1.165) is 44.9 Å². The summed E-state index contributed by atoms with van der Waals surface area (Å²) in [4.78, 5) is 45.9. The van der Waals surface area contributed by atoms with Crippen LogP contribution in [-0.4, -0.2) is 59.9 Å². The van der Waals surface area contributed by atoms with Gasteiger partial charge in [0, 0.05) is 12.8 Å². The Morgan fingerprint density at radius 3 is 1.40 bits per heavy atom. The van der Waals surface area contributed by atoms with Gasteiger partial charge in [-0.3, -0.25) is 23.4 Å². The molecule has 0 saturated carbocycles. The van der Waals surface area contributed by atoms with Crippen molar-refractivity contribution < 1.29 is 47.5 Å². The summed E-state index contributed by atoms with van der Waals surface area (Å²) in [5, 5.41) is 8.87. The number of allylic oxidation sites excluding steroid dienone is 2. The van der Waals surface area contributed by atoms with E-state index in [1.54, 1.807) is 0 Å². The van der Waals surface area contributed by atoms with E-state index < -0.39 is 51.1 Å². The summed E-state index contributed by atoms with van der Waals surface area (Å²) in [6, 6.07) is -1.52. The highest BCUT2D eigenvalue weighted by Gasteiger charge is 2.28. The number of nitrogens with two attached hydrogens (primary N) is 1. The molecular formula is C41H78NO10P. The van der Waals surface area contributed by atoms with Crippen molar-refractivity contribution in [3.8, 4) is 0 Å². The average molecular weight is 776 g/mol. The van der Waals surface area contributed by atoms with E-state index in [2.05, 4.69) is 30.5 Å². The van der Waals surface area contributed by atoms with Crippen LogP contribution in [0.3, 0.4) is 0 Å². The molecule has 0 fully saturated rings. The van der Waals surface area contributed by atoms with Crippen molar-refractivity contribution in [2.24, 2.45) is 5.73 Å². The number of phosphoric acid groups is 1. The highest BCUT2D eigenvalue weighted by molar-refractivity contribution is 7.47. The number of carboxylic acid groups (broad SMARTS) is 1. The van der Waals surface area contributed by atoms with E-state index >= 15 is 0 Å². The number of hydrogen-bond acceptors (Lipinski definition) is 9. The standard InChI is InChI=1S/C41H78NO10P/c1-3-5-7-9-11-13-15-17-19-21-23-25-27-29-31-33-40(44)52-37(35-50-53(47,48)51-36-38(42)41(45)46)34-49-39(43)32-30-28-26-24-22-20-18-16-14-12-10-8-6-4-2/h21,23,37-38H,3-20,22,24-36,42H2,1-2H3,(H,45,46)(H,47,48)/b23-21+/t37-,38+/m1/s1. The summed E-state index contributed by atoms with van der Waals surface area (Å²) in [6.07, 6.45) is 35.6. The first kappa shape index (κ1) is 51.2. The molecular weight excluding hydrogens is 697 g/mol. The van der Waals surface area contributed by atoms with Gasteiger partial charge >= 0.3 is 25.7 Å². The molecule has 0 heterocycles. The fourth-order valence-corrected chi connectivity index (χ4v) is 6.66. The van der Waals surface area contributed by atoms with Crippen LogP contribution in [0.4, 0.5) is 0 Å². The second-order valence-corrected chi connectivity index (χ2v) is 15.9. The number of carboxylic acids is 1. The van der Waals surface area contributed by atoms with Gasteiger partial charge in [-0.05, 0) is 38.5 Å². The van der Waals surface area contributed by atoms with Crippen LogP contribution < -0.4 is 5.73 Å². The van der Waals surface area contributed by atoms with Gasteiger partial charge in [0.15, 0.2) is 6.10 Å². The van der Waals surface area contributed by atoms with Crippen molar-refractivity contribution in [3.63, 3.8) is 0 Å². The number of ether oxygens (including phenoxy) is 2. The van der Waals surface area contributed by atoms with Crippen LogP contribution in [0.2, 0.25) is 0 Å². The third-order valence-corrected chi connectivity index (χ3v) is 10.2. The molecule has 0 amide bonds. The van der Waals surface area contributed by atoms with Gasteiger partial charge < -0.3 is 25.2 Å². The van der Waals surface area contributed by atoms with Gasteiger partial charge in [-0.2, -0.15) is 0 Å². The summed E-state index contributed by atoms with van der Waals surface area (Å²) >= 11 is 0. The van der Waals surface area contributed by atoms with Crippen molar-refractivity contribution >= 4 is 25.7 Å². The number of phosphoric ester groups is 1. The second kappa shape index (κ2) is 37.2. The predicted molar refractivity (Wildman–Crippen MR) is 213 cm³/mol. The van der Waals surface area contributed by atoms with Crippen molar-refractivity contribution in [2.75, 3.05) is 19.8 Å². The SMILES string of the molecule is CCCCCCCCCC/C=C/CCCCCC(=O)O[C@H](COC(=O)CCCCCCCCCCCCCCCC)COP(=O)(O)OC[C@H](N)C(=O)O. The maximum Gasteiger partial charge on any atom is 0.472 e. The Bertz CT molecular complexity index is 963. The van der Waals surface area contributed by atoms with Crippen molar-refractivity contribution in [1.82, 2.24) is 0 Å². The number of carbonyl (C=O) groups excluding carboxylic acids is 2. The number of carbonyl (C=O) groups is 3. The smallest absolute Gasteiger partial charge is 0.472 e. The maximum absolute atomic E-state index is 12.6. The molecule has 0 aromatic heterocycles. The molecule has 0 aliphatic carbocycles. The Hall–Kier alpha value is -1.78. The van der Waals surface area contributed by atoms with E-state index in [4.69, 9.17) is 24.8 Å². The van der Waals surface area contributed by atoms with Gasteiger partial charge in [-0.25, -0.2) is 4.57 Å². The van der Waals surface area contributed by atoms with E-state index in [1.165, 1.54) is 116 Å². The Morgan fingerprint density at radius 1 is 0.566 bits per heavy atom. The van der Waals surface area contributed by atoms with Crippen LogP contribution >= 0.6 is 7.82 Å². The highest BCUT2D eigenvalue weighted by Crippen LogP contribution is 2.43. The summed E-state index contributed by atoms with van der Waals surface area (Å²) in [6.45, 7) is 2.80. The molecule has 0 aromatic carbocycles. The lowest BCUT2D eigenvalue weighted by molar-refractivity contribution is -0.161. The third kappa shape index (κ3) is 36.9. The van der Waals surface area contributed by atoms with Crippen molar-refractivity contribution in [3.05, 3.63) is 12.2 Å². The van der Waals surface area contributed by atoms with Crippen LogP contribution in [0, 0.1) is 0 Å². The van der Waals surface area contributed by atoms with Gasteiger partial charge in [0.1, 0.15) is 12.6 Å². The second-order valence-electron chi connectivity index (χ2n) is 14.5. The van der Waals surface area contributed by atoms with E-state index in [0.29, 0.717) is 12.8 Å². The molecule has 3 atom stereocenters. The Balaban J connectivity index is 4.38. The fraction of sp³-hybridized carbons (Fsp3) is 0.878.